The van der Waals surface area contributed by atoms with Gasteiger partial charge in [0.25, 0.3) is 0 Å². The van der Waals surface area contributed by atoms with E-state index in [1.165, 1.54) is 11.3 Å². The number of ether oxygens (including phenoxy) is 1. The summed E-state index contributed by atoms with van der Waals surface area (Å²) in [5, 5.41) is 2.98. The standard InChI is InChI=1S/C26H34N2O4S2/c1-2-8-23(29)27-20-10-7-9-19(17-20)21-12-13-22(34-21)26(14-4-6-16-33-26)18-24(30)28-32-25-11-3-5-15-31-25/h7,9-10,12-13,17,25H,2-6,8,11,14-16,18H2,1H3,(H,27,29)(H,28,30)/t25?,26-/m0/s1. The van der Waals surface area contributed by atoms with Crippen LogP contribution < -0.4 is 10.8 Å². The van der Waals surface area contributed by atoms with Crippen molar-refractivity contribution in [3.05, 3.63) is 41.3 Å². The Hall–Kier alpha value is -1.87. The third-order valence-electron chi connectivity index (χ3n) is 6.20. The molecule has 4 rings (SSSR count). The Balaban J connectivity index is 1.46. The topological polar surface area (TPSA) is 76.7 Å². The van der Waals surface area contributed by atoms with E-state index in [2.05, 4.69) is 29.0 Å². The number of carbonyl (C=O) groups is 2. The molecule has 2 saturated heterocycles. The summed E-state index contributed by atoms with van der Waals surface area (Å²) in [6, 6.07) is 12.3. The lowest BCUT2D eigenvalue weighted by Crippen LogP contribution is -2.37. The zero-order valence-electron chi connectivity index (χ0n) is 19.8. The second-order valence-electron chi connectivity index (χ2n) is 8.96. The fourth-order valence-electron chi connectivity index (χ4n) is 4.44. The lowest BCUT2D eigenvalue weighted by Gasteiger charge is -2.35. The molecule has 2 N–H and O–H groups in total. The van der Waals surface area contributed by atoms with Gasteiger partial charge in [-0.1, -0.05) is 25.5 Å². The Kier molecular flexibility index (Phi) is 9.05. The summed E-state index contributed by atoms with van der Waals surface area (Å²) in [5.74, 6) is 0.988. The Morgan fingerprint density at radius 3 is 2.82 bits per heavy atom. The number of hydrogen-bond donors (Lipinski definition) is 2. The molecular weight excluding hydrogens is 468 g/mol. The molecule has 184 valence electrons. The van der Waals surface area contributed by atoms with Crippen molar-refractivity contribution in [3.8, 4) is 10.4 Å². The van der Waals surface area contributed by atoms with Crippen LogP contribution in [0.15, 0.2) is 36.4 Å². The largest absolute Gasteiger partial charge is 0.350 e. The molecule has 8 heteroatoms. The van der Waals surface area contributed by atoms with Crippen LogP contribution in [0, 0.1) is 0 Å². The van der Waals surface area contributed by atoms with E-state index in [-0.39, 0.29) is 22.9 Å². The van der Waals surface area contributed by atoms with Crippen LogP contribution in [-0.2, 0) is 23.9 Å². The number of amides is 2. The monoisotopic (exact) mass is 502 g/mol. The summed E-state index contributed by atoms with van der Waals surface area (Å²) in [7, 11) is 0. The molecule has 2 atom stereocenters. The summed E-state index contributed by atoms with van der Waals surface area (Å²) in [4.78, 5) is 32.8. The predicted molar refractivity (Wildman–Crippen MR) is 139 cm³/mol. The van der Waals surface area contributed by atoms with E-state index in [4.69, 9.17) is 9.57 Å². The maximum absolute atomic E-state index is 12.9. The first-order valence-electron chi connectivity index (χ1n) is 12.3. The molecular formula is C26H34N2O4S2. The summed E-state index contributed by atoms with van der Waals surface area (Å²) in [6.07, 6.45) is 7.56. The van der Waals surface area contributed by atoms with Crippen molar-refractivity contribution in [3.63, 3.8) is 0 Å². The van der Waals surface area contributed by atoms with Gasteiger partial charge in [0, 0.05) is 41.3 Å². The van der Waals surface area contributed by atoms with E-state index in [1.54, 1.807) is 11.3 Å². The van der Waals surface area contributed by atoms with Crippen LogP contribution in [0.1, 0.15) is 69.6 Å². The molecule has 0 spiro atoms. The van der Waals surface area contributed by atoms with E-state index in [9.17, 15) is 9.59 Å². The van der Waals surface area contributed by atoms with Crippen LogP contribution >= 0.6 is 23.1 Å². The third kappa shape index (κ3) is 6.62. The fraction of sp³-hybridized carbons (Fsp3) is 0.538. The van der Waals surface area contributed by atoms with Crippen LogP contribution in [0.3, 0.4) is 0 Å². The van der Waals surface area contributed by atoms with Gasteiger partial charge in [-0.2, -0.15) is 0 Å². The summed E-state index contributed by atoms with van der Waals surface area (Å²) in [6.45, 7) is 2.68. The lowest BCUT2D eigenvalue weighted by atomic mass is 9.94. The second-order valence-corrected chi connectivity index (χ2v) is 11.5. The van der Waals surface area contributed by atoms with Gasteiger partial charge in [-0.3, -0.25) is 9.59 Å². The minimum absolute atomic E-state index is 0.0379. The Morgan fingerprint density at radius 2 is 2.06 bits per heavy atom. The first-order valence-corrected chi connectivity index (χ1v) is 14.1. The number of benzene rings is 1. The number of thioether (sulfide) groups is 1. The van der Waals surface area contributed by atoms with Crippen molar-refractivity contribution >= 4 is 40.6 Å². The highest BCUT2D eigenvalue weighted by molar-refractivity contribution is 8.00. The summed E-state index contributed by atoms with van der Waals surface area (Å²) >= 11 is 3.62. The number of rotatable bonds is 9. The quantitative estimate of drug-likeness (QED) is 0.398. The molecule has 1 unspecified atom stereocenters. The molecule has 6 nitrogen and oxygen atoms in total. The van der Waals surface area contributed by atoms with Gasteiger partial charge in [0.1, 0.15) is 0 Å². The predicted octanol–water partition coefficient (Wildman–Crippen LogP) is 6.23. The van der Waals surface area contributed by atoms with Gasteiger partial charge in [0.2, 0.25) is 11.8 Å². The summed E-state index contributed by atoms with van der Waals surface area (Å²) < 4.78 is 5.32. The van der Waals surface area contributed by atoms with Gasteiger partial charge in [-0.05, 0) is 67.7 Å². The third-order valence-corrected chi connectivity index (χ3v) is 9.29. The van der Waals surface area contributed by atoms with E-state index in [0.29, 0.717) is 19.4 Å². The Bertz CT molecular complexity index is 965. The van der Waals surface area contributed by atoms with Gasteiger partial charge < -0.3 is 10.1 Å². The van der Waals surface area contributed by atoms with Crippen molar-refractivity contribution in [1.29, 1.82) is 0 Å². The van der Waals surface area contributed by atoms with Gasteiger partial charge in [0.05, 0.1) is 4.75 Å². The van der Waals surface area contributed by atoms with Gasteiger partial charge in [0.15, 0.2) is 6.29 Å². The number of hydroxylamine groups is 1. The van der Waals surface area contributed by atoms with E-state index in [1.807, 2.05) is 36.9 Å². The molecule has 2 fully saturated rings. The Morgan fingerprint density at radius 1 is 1.15 bits per heavy atom. The molecule has 34 heavy (non-hydrogen) atoms. The first kappa shape index (κ1) is 25.2. The second kappa shape index (κ2) is 12.2. The zero-order valence-corrected chi connectivity index (χ0v) is 21.4. The van der Waals surface area contributed by atoms with Crippen LogP contribution in [0.5, 0.6) is 0 Å². The molecule has 3 heterocycles. The van der Waals surface area contributed by atoms with Crippen LogP contribution in [0.4, 0.5) is 5.69 Å². The van der Waals surface area contributed by atoms with Crippen LogP contribution in [-0.4, -0.2) is 30.5 Å². The highest BCUT2D eigenvalue weighted by atomic mass is 32.2. The van der Waals surface area contributed by atoms with Crippen LogP contribution in [0.25, 0.3) is 10.4 Å². The van der Waals surface area contributed by atoms with Crippen molar-refractivity contribution in [2.75, 3.05) is 17.7 Å². The highest BCUT2D eigenvalue weighted by Crippen LogP contribution is 2.51. The van der Waals surface area contributed by atoms with Gasteiger partial charge in [-0.25, -0.2) is 10.3 Å². The lowest BCUT2D eigenvalue weighted by molar-refractivity contribution is -0.200. The molecule has 2 aliphatic rings. The SMILES string of the molecule is CCCC(=O)Nc1cccc(-c2ccc([C@@]3(CC(=O)NOC4CCCCO4)CCCCS3)s2)c1. The summed E-state index contributed by atoms with van der Waals surface area (Å²) in [5.41, 5.74) is 4.54. The normalized spacial score (nSPS) is 22.8. The molecule has 0 bridgehead atoms. The van der Waals surface area contributed by atoms with Gasteiger partial charge >= 0.3 is 0 Å². The highest BCUT2D eigenvalue weighted by Gasteiger charge is 2.38. The fourth-order valence-corrected chi connectivity index (χ4v) is 7.33. The minimum atomic E-state index is -0.342. The molecule has 1 aromatic heterocycles. The van der Waals surface area contributed by atoms with E-state index >= 15 is 0 Å². The number of nitrogens with one attached hydrogen (secondary N) is 2. The molecule has 1 aromatic carbocycles. The first-order chi connectivity index (χ1) is 16.6. The molecule has 2 aromatic rings. The molecule has 0 aliphatic carbocycles. The number of thiophene rings is 1. The van der Waals surface area contributed by atoms with E-state index < -0.39 is 0 Å². The van der Waals surface area contributed by atoms with Crippen molar-refractivity contribution in [2.45, 2.75) is 75.7 Å². The molecule has 2 aliphatic heterocycles. The number of anilines is 1. The average Bonchev–Trinajstić information content (AvgIpc) is 3.36. The number of hydrogen-bond acceptors (Lipinski definition) is 6. The van der Waals surface area contributed by atoms with Crippen molar-refractivity contribution < 1.29 is 19.2 Å². The van der Waals surface area contributed by atoms with Gasteiger partial charge in [-0.15, -0.1) is 23.1 Å². The number of carbonyl (C=O) groups excluding carboxylic acids is 2. The molecule has 2 amide bonds. The smallest absolute Gasteiger partial charge is 0.245 e. The maximum atomic E-state index is 12.9. The average molecular weight is 503 g/mol. The van der Waals surface area contributed by atoms with Crippen molar-refractivity contribution in [1.82, 2.24) is 5.48 Å². The molecule has 0 radical (unpaired) electrons. The van der Waals surface area contributed by atoms with Crippen molar-refractivity contribution in [2.24, 2.45) is 0 Å². The van der Waals surface area contributed by atoms with E-state index in [0.717, 1.165) is 60.4 Å². The zero-order chi connectivity index (χ0) is 23.8. The van der Waals surface area contributed by atoms with Crippen LogP contribution in [0.2, 0.25) is 0 Å². The maximum Gasteiger partial charge on any atom is 0.245 e. The minimum Gasteiger partial charge on any atom is -0.350 e. The Labute approximate surface area is 210 Å². The molecule has 0 saturated carbocycles.